The van der Waals surface area contributed by atoms with Crippen LogP contribution in [0, 0.1) is 34.5 Å². The zero-order chi connectivity index (χ0) is 25.3. The van der Waals surface area contributed by atoms with Gasteiger partial charge in [-0.2, -0.15) is 0 Å². The number of thiocarbonyl (C=S) groups is 1. The van der Waals surface area contributed by atoms with Gasteiger partial charge in [-0.3, -0.25) is 0 Å². The van der Waals surface area contributed by atoms with Gasteiger partial charge in [-0.25, -0.2) is 0 Å². The van der Waals surface area contributed by atoms with E-state index in [4.69, 9.17) is 31.2 Å². The van der Waals surface area contributed by atoms with Crippen molar-refractivity contribution in [2.75, 3.05) is 0 Å². The smallest absolute Gasteiger partial charge is 0.358 e. The van der Waals surface area contributed by atoms with E-state index in [2.05, 4.69) is 40.7 Å². The molecule has 4 unspecified atom stereocenters. The molecule has 4 aliphatic carbocycles. The highest BCUT2D eigenvalue weighted by Crippen LogP contribution is 2.69. The first-order chi connectivity index (χ1) is 17.1. The van der Waals surface area contributed by atoms with Crippen LogP contribution in [-0.4, -0.2) is 29.3 Å². The van der Waals surface area contributed by atoms with Crippen LogP contribution in [0.3, 0.4) is 0 Å². The first kappa shape index (κ1) is 24.9. The molecule has 0 spiro atoms. The third kappa shape index (κ3) is 3.87. The van der Waals surface area contributed by atoms with Gasteiger partial charge in [0.25, 0.3) is 0 Å². The van der Waals surface area contributed by atoms with E-state index in [1.807, 2.05) is 30.3 Å². The second-order valence-electron chi connectivity index (χ2n) is 13.0. The number of hydrogen-bond acceptors (Lipinski definition) is 5. The Morgan fingerprint density at radius 3 is 2.44 bits per heavy atom. The van der Waals surface area contributed by atoms with Crippen LogP contribution in [0.25, 0.3) is 0 Å². The molecule has 5 fully saturated rings. The Kier molecular flexibility index (Phi) is 6.09. The quantitative estimate of drug-likeness (QED) is 0.305. The Hall–Kier alpha value is -1.43. The van der Waals surface area contributed by atoms with Gasteiger partial charge in [0.1, 0.15) is 11.9 Å². The highest BCUT2D eigenvalue weighted by molar-refractivity contribution is 7.79. The number of ether oxygens (including phenoxy) is 4. The summed E-state index contributed by atoms with van der Waals surface area (Å²) in [6.45, 7) is 11.5. The Morgan fingerprint density at radius 2 is 1.69 bits per heavy atom. The molecule has 1 aromatic rings. The molecule has 0 bridgehead atoms. The van der Waals surface area contributed by atoms with Crippen LogP contribution in [0.5, 0.6) is 5.75 Å². The van der Waals surface area contributed by atoms with E-state index in [1.165, 1.54) is 25.7 Å². The van der Waals surface area contributed by atoms with Crippen LogP contribution in [0.1, 0.15) is 79.6 Å². The lowest BCUT2D eigenvalue weighted by Crippen LogP contribution is -2.63. The van der Waals surface area contributed by atoms with E-state index >= 15 is 0 Å². The lowest BCUT2D eigenvalue weighted by Gasteiger charge is -2.63. The zero-order valence-electron chi connectivity index (χ0n) is 22.5. The monoisotopic (exact) mass is 510 g/mol. The van der Waals surface area contributed by atoms with Gasteiger partial charge in [0.15, 0.2) is 5.79 Å². The average molecular weight is 511 g/mol. The fourth-order valence-electron chi connectivity index (χ4n) is 9.32. The Labute approximate surface area is 222 Å². The predicted molar refractivity (Wildman–Crippen MR) is 145 cm³/mol. The maximum Gasteiger partial charge on any atom is 0.358 e. The molecule has 1 aliphatic heterocycles. The summed E-state index contributed by atoms with van der Waals surface area (Å²) in [5.41, 5.74) is 2.23. The first-order valence-corrected chi connectivity index (χ1v) is 14.5. The highest BCUT2D eigenvalue weighted by atomic mass is 32.1. The molecule has 4 nitrogen and oxygen atoms in total. The molecule has 36 heavy (non-hydrogen) atoms. The van der Waals surface area contributed by atoms with E-state index in [-0.39, 0.29) is 29.0 Å². The number of fused-ring (bicyclic) bond motifs is 8. The molecule has 196 valence electrons. The molecule has 6 rings (SSSR count). The van der Waals surface area contributed by atoms with Crippen LogP contribution in [-0.2, 0) is 14.2 Å². The Morgan fingerprint density at radius 1 is 0.944 bits per heavy atom. The molecule has 1 saturated heterocycles. The van der Waals surface area contributed by atoms with Gasteiger partial charge in [-0.15, -0.1) is 0 Å². The van der Waals surface area contributed by atoms with Crippen molar-refractivity contribution in [1.82, 2.24) is 0 Å². The number of allylic oxidation sites excluding steroid dienone is 2. The normalized spacial score (nSPS) is 45.8. The molecule has 1 heterocycles. The van der Waals surface area contributed by atoms with Crippen LogP contribution in [0.4, 0.5) is 0 Å². The van der Waals surface area contributed by atoms with Gasteiger partial charge in [0, 0.05) is 12.2 Å². The maximum absolute atomic E-state index is 6.80. The molecular weight excluding hydrogens is 468 g/mol. The largest absolute Gasteiger partial charge is 0.453 e. The summed E-state index contributed by atoms with van der Waals surface area (Å²) in [4.78, 5) is 0. The van der Waals surface area contributed by atoms with Crippen molar-refractivity contribution in [3.63, 3.8) is 0 Å². The topological polar surface area (TPSA) is 36.9 Å². The number of benzene rings is 1. The summed E-state index contributed by atoms with van der Waals surface area (Å²) < 4.78 is 25.6. The minimum absolute atomic E-state index is 0.0544. The van der Waals surface area contributed by atoms with Crippen molar-refractivity contribution in [1.29, 1.82) is 0 Å². The van der Waals surface area contributed by atoms with Crippen LogP contribution < -0.4 is 4.74 Å². The zero-order valence-corrected chi connectivity index (χ0v) is 23.3. The van der Waals surface area contributed by atoms with E-state index < -0.39 is 5.79 Å². The first-order valence-electron chi connectivity index (χ1n) is 14.1. The molecule has 0 radical (unpaired) electrons. The lowest BCUT2D eigenvalue weighted by molar-refractivity contribution is -0.182. The van der Waals surface area contributed by atoms with Crippen LogP contribution >= 0.6 is 12.2 Å². The Bertz CT molecular complexity index is 1040. The third-order valence-electron chi connectivity index (χ3n) is 10.9. The van der Waals surface area contributed by atoms with E-state index in [0.717, 1.165) is 25.0 Å². The van der Waals surface area contributed by atoms with Crippen molar-refractivity contribution < 1.29 is 18.9 Å². The molecule has 4 saturated carbocycles. The van der Waals surface area contributed by atoms with Gasteiger partial charge >= 0.3 is 5.24 Å². The van der Waals surface area contributed by atoms with E-state index in [0.29, 0.717) is 29.1 Å². The SMILES string of the molecule is C/C=C1/CCC2C3C(CC[C@]12C)[C@@]1(C)CC[C@H](OC(=S)Oc2ccccc2)CC1[C@H]1OC(C)(C)O[C@H]31. The highest BCUT2D eigenvalue weighted by Gasteiger charge is 2.68. The number of hydrogen-bond donors (Lipinski definition) is 0. The summed E-state index contributed by atoms with van der Waals surface area (Å²) in [6.07, 6.45) is 11.0. The fraction of sp³-hybridized carbons (Fsp3) is 0.710. The van der Waals surface area contributed by atoms with Crippen molar-refractivity contribution in [3.8, 4) is 5.75 Å². The molecule has 5 heteroatoms. The standard InChI is InChI=1S/C31H42O4S/c1-6-19-12-13-22-25-23(15-17-30(19,22)4)31(5)16-14-21(33-28(36)32-20-10-8-7-9-11-20)18-24(31)26-27(25)35-29(2,3)34-26/h6-11,21-27H,12-18H2,1-5H3/b19-6-/t21-,22?,23?,24?,25?,26+,27+,30+,31+/m0/s1. The van der Waals surface area contributed by atoms with Gasteiger partial charge < -0.3 is 18.9 Å². The van der Waals surface area contributed by atoms with Gasteiger partial charge in [-0.05, 0) is 112 Å². The molecule has 5 aliphatic rings. The van der Waals surface area contributed by atoms with Gasteiger partial charge in [-0.1, -0.05) is 43.7 Å². The summed E-state index contributed by atoms with van der Waals surface area (Å²) in [6, 6.07) is 9.67. The van der Waals surface area contributed by atoms with Crippen molar-refractivity contribution >= 4 is 17.5 Å². The molecule has 0 N–H and O–H groups in total. The summed E-state index contributed by atoms with van der Waals surface area (Å²) in [5, 5.41) is 0.224. The fourth-order valence-corrected chi connectivity index (χ4v) is 9.55. The molecule has 1 aromatic carbocycles. The summed E-state index contributed by atoms with van der Waals surface area (Å²) in [7, 11) is 0. The third-order valence-corrected chi connectivity index (χ3v) is 11.1. The minimum atomic E-state index is -0.541. The van der Waals surface area contributed by atoms with E-state index in [9.17, 15) is 0 Å². The van der Waals surface area contributed by atoms with Gasteiger partial charge in [0.2, 0.25) is 0 Å². The van der Waals surface area contributed by atoms with Crippen LogP contribution in [0.2, 0.25) is 0 Å². The number of rotatable bonds is 2. The lowest BCUT2D eigenvalue weighted by atomic mass is 9.43. The Balaban J connectivity index is 1.26. The number of para-hydroxylation sites is 1. The van der Waals surface area contributed by atoms with Crippen molar-refractivity contribution in [2.24, 2.45) is 34.5 Å². The summed E-state index contributed by atoms with van der Waals surface area (Å²) in [5.74, 6) is 2.50. The second-order valence-corrected chi connectivity index (χ2v) is 13.3. The predicted octanol–water partition coefficient (Wildman–Crippen LogP) is 7.46. The molecular formula is C31H42O4S. The van der Waals surface area contributed by atoms with E-state index in [1.54, 1.807) is 5.57 Å². The van der Waals surface area contributed by atoms with Crippen molar-refractivity contribution in [2.45, 2.75) is 104 Å². The average Bonchev–Trinajstić information content (AvgIpc) is 3.35. The summed E-state index contributed by atoms with van der Waals surface area (Å²) >= 11 is 5.49. The van der Waals surface area contributed by atoms with Gasteiger partial charge in [0.05, 0.1) is 12.2 Å². The van der Waals surface area contributed by atoms with Crippen molar-refractivity contribution in [3.05, 3.63) is 42.0 Å². The second kappa shape index (κ2) is 8.81. The van der Waals surface area contributed by atoms with Crippen LogP contribution in [0.15, 0.2) is 42.0 Å². The molecule has 0 amide bonds. The molecule has 9 atom stereocenters. The maximum atomic E-state index is 6.80. The molecule has 0 aromatic heterocycles. The minimum Gasteiger partial charge on any atom is -0.453 e.